The summed E-state index contributed by atoms with van der Waals surface area (Å²) < 4.78 is 12.5. The Bertz CT molecular complexity index is 703. The van der Waals surface area contributed by atoms with Crippen molar-refractivity contribution in [3.63, 3.8) is 0 Å². The van der Waals surface area contributed by atoms with Crippen LogP contribution in [0.2, 0.25) is 0 Å². The summed E-state index contributed by atoms with van der Waals surface area (Å²) in [4.78, 5) is 0. The topological polar surface area (TPSA) is 73.0 Å². The lowest BCUT2D eigenvalue weighted by Gasteiger charge is -2.07. The molecule has 0 aliphatic carbocycles. The Morgan fingerprint density at radius 1 is 1.23 bits per heavy atom. The molecule has 0 amide bonds. The number of unbranched alkanes of at least 4 members (excludes halogenated alkanes) is 3. The molecule has 0 bridgehead atoms. The number of nitriles is 1. The van der Waals surface area contributed by atoms with Gasteiger partial charge >= 0.3 is 0 Å². The smallest absolute Gasteiger partial charge is 0.231 e. The molecular formula is C16H18N4O2. The number of hydrogen-bond donors (Lipinski definition) is 0. The molecule has 0 spiro atoms. The molecule has 2 aromatic rings. The highest BCUT2D eigenvalue weighted by Gasteiger charge is 2.19. The van der Waals surface area contributed by atoms with Gasteiger partial charge in [0, 0.05) is 12.1 Å². The van der Waals surface area contributed by atoms with E-state index >= 15 is 0 Å². The van der Waals surface area contributed by atoms with Gasteiger partial charge in [-0.1, -0.05) is 31.4 Å². The lowest BCUT2D eigenvalue weighted by Crippen LogP contribution is -2.03. The third-order valence-electron chi connectivity index (χ3n) is 3.71. The van der Waals surface area contributed by atoms with E-state index in [9.17, 15) is 5.26 Å². The zero-order valence-corrected chi connectivity index (χ0v) is 12.6. The molecule has 0 radical (unpaired) electrons. The molecule has 22 heavy (non-hydrogen) atoms. The van der Waals surface area contributed by atoms with Crippen molar-refractivity contribution in [2.45, 2.75) is 39.2 Å². The number of aryl methyl sites for hydroxylation is 1. The summed E-state index contributed by atoms with van der Waals surface area (Å²) in [7, 11) is 0. The van der Waals surface area contributed by atoms with E-state index in [1.165, 1.54) is 12.8 Å². The van der Waals surface area contributed by atoms with E-state index in [4.69, 9.17) is 9.47 Å². The fraction of sp³-hybridized carbons (Fsp3) is 0.438. The van der Waals surface area contributed by atoms with Crippen molar-refractivity contribution in [3.8, 4) is 28.8 Å². The Morgan fingerprint density at radius 2 is 2.09 bits per heavy atom. The Labute approximate surface area is 129 Å². The average Bonchev–Trinajstić information content (AvgIpc) is 3.16. The normalized spacial score (nSPS) is 12.4. The number of benzene rings is 1. The van der Waals surface area contributed by atoms with E-state index in [0.717, 1.165) is 36.4 Å². The molecule has 1 aliphatic heterocycles. The number of ether oxygens (including phenoxy) is 2. The van der Waals surface area contributed by atoms with Crippen LogP contribution in [0.3, 0.4) is 0 Å². The van der Waals surface area contributed by atoms with Crippen molar-refractivity contribution in [1.82, 2.24) is 15.0 Å². The lowest BCUT2D eigenvalue weighted by atomic mass is 10.1. The number of rotatable bonds is 6. The van der Waals surface area contributed by atoms with Crippen LogP contribution in [0.25, 0.3) is 11.3 Å². The summed E-state index contributed by atoms with van der Waals surface area (Å²) in [6.45, 7) is 3.18. The van der Waals surface area contributed by atoms with Crippen LogP contribution in [0.1, 0.15) is 38.3 Å². The van der Waals surface area contributed by atoms with Gasteiger partial charge in [0.05, 0.1) is 0 Å². The van der Waals surface area contributed by atoms with Crippen molar-refractivity contribution >= 4 is 0 Å². The number of fused-ring (bicyclic) bond motifs is 1. The van der Waals surface area contributed by atoms with Gasteiger partial charge in [0.15, 0.2) is 17.2 Å². The van der Waals surface area contributed by atoms with E-state index in [1.807, 2.05) is 22.9 Å². The maximum Gasteiger partial charge on any atom is 0.231 e. The first kappa shape index (κ1) is 14.4. The minimum atomic E-state index is 0.235. The van der Waals surface area contributed by atoms with Gasteiger partial charge in [-0.3, -0.25) is 0 Å². The zero-order chi connectivity index (χ0) is 15.4. The minimum Gasteiger partial charge on any atom is -0.454 e. The van der Waals surface area contributed by atoms with Gasteiger partial charge in [-0.15, -0.1) is 5.10 Å². The van der Waals surface area contributed by atoms with Crippen molar-refractivity contribution < 1.29 is 9.47 Å². The average molecular weight is 298 g/mol. The largest absolute Gasteiger partial charge is 0.454 e. The van der Waals surface area contributed by atoms with Crippen LogP contribution in [0.5, 0.6) is 11.5 Å². The molecule has 2 heterocycles. The number of aromatic nitrogens is 3. The van der Waals surface area contributed by atoms with E-state index in [1.54, 1.807) is 0 Å². The maximum absolute atomic E-state index is 9.27. The first-order chi connectivity index (χ1) is 10.8. The molecule has 6 nitrogen and oxygen atoms in total. The van der Waals surface area contributed by atoms with Gasteiger partial charge in [-0.2, -0.15) is 5.26 Å². The Morgan fingerprint density at radius 3 is 2.91 bits per heavy atom. The molecule has 3 rings (SSSR count). The third-order valence-corrected chi connectivity index (χ3v) is 3.71. The molecule has 0 N–H and O–H groups in total. The van der Waals surface area contributed by atoms with E-state index in [0.29, 0.717) is 11.4 Å². The van der Waals surface area contributed by atoms with Crippen LogP contribution < -0.4 is 9.47 Å². The Balaban J connectivity index is 1.88. The zero-order valence-electron chi connectivity index (χ0n) is 12.6. The van der Waals surface area contributed by atoms with Gasteiger partial charge in [-0.05, 0) is 24.6 Å². The predicted octanol–water partition coefficient (Wildman–Crippen LogP) is 3.13. The Kier molecular flexibility index (Phi) is 4.24. The van der Waals surface area contributed by atoms with Crippen LogP contribution in [0.15, 0.2) is 18.2 Å². The minimum absolute atomic E-state index is 0.235. The van der Waals surface area contributed by atoms with Gasteiger partial charge in [0.25, 0.3) is 0 Å². The quantitative estimate of drug-likeness (QED) is 0.766. The highest BCUT2D eigenvalue weighted by molar-refractivity contribution is 5.68. The second-order valence-corrected chi connectivity index (χ2v) is 5.25. The molecular weight excluding hydrogens is 280 g/mol. The monoisotopic (exact) mass is 298 g/mol. The highest BCUT2D eigenvalue weighted by Crippen LogP contribution is 2.36. The lowest BCUT2D eigenvalue weighted by molar-refractivity contribution is 0.174. The summed E-state index contributed by atoms with van der Waals surface area (Å²) in [5.41, 5.74) is 1.97. The van der Waals surface area contributed by atoms with E-state index in [-0.39, 0.29) is 6.79 Å². The molecule has 1 aromatic heterocycles. The third kappa shape index (κ3) is 2.75. The molecule has 114 valence electrons. The van der Waals surface area contributed by atoms with Gasteiger partial charge in [0.1, 0.15) is 11.8 Å². The van der Waals surface area contributed by atoms with Crippen LogP contribution in [0, 0.1) is 11.3 Å². The molecule has 1 aromatic carbocycles. The van der Waals surface area contributed by atoms with Crippen molar-refractivity contribution in [2.75, 3.05) is 6.79 Å². The first-order valence-corrected chi connectivity index (χ1v) is 7.57. The van der Waals surface area contributed by atoms with Crippen molar-refractivity contribution in [2.24, 2.45) is 0 Å². The van der Waals surface area contributed by atoms with Gasteiger partial charge in [-0.25, -0.2) is 4.68 Å². The Hall–Kier alpha value is -2.55. The van der Waals surface area contributed by atoms with Crippen LogP contribution in [-0.4, -0.2) is 21.8 Å². The summed E-state index contributed by atoms with van der Waals surface area (Å²) in [6, 6.07) is 7.76. The molecule has 1 aliphatic rings. The van der Waals surface area contributed by atoms with Gasteiger partial charge < -0.3 is 9.47 Å². The molecule has 0 saturated carbocycles. The van der Waals surface area contributed by atoms with Gasteiger partial charge in [0.2, 0.25) is 6.79 Å². The van der Waals surface area contributed by atoms with E-state index < -0.39 is 0 Å². The summed E-state index contributed by atoms with van der Waals surface area (Å²) in [5, 5.41) is 17.4. The number of nitrogens with zero attached hydrogens (tertiary/aromatic N) is 4. The summed E-state index contributed by atoms with van der Waals surface area (Å²) >= 11 is 0. The predicted molar refractivity (Wildman–Crippen MR) is 80.4 cm³/mol. The van der Waals surface area contributed by atoms with Crippen LogP contribution >= 0.6 is 0 Å². The van der Waals surface area contributed by atoms with Crippen LogP contribution in [0.4, 0.5) is 0 Å². The highest BCUT2D eigenvalue weighted by atomic mass is 16.7. The second-order valence-electron chi connectivity index (χ2n) is 5.25. The summed E-state index contributed by atoms with van der Waals surface area (Å²) in [6.07, 6.45) is 4.58. The first-order valence-electron chi connectivity index (χ1n) is 7.57. The van der Waals surface area contributed by atoms with E-state index in [2.05, 4.69) is 23.3 Å². The maximum atomic E-state index is 9.27. The fourth-order valence-corrected chi connectivity index (χ4v) is 2.56. The number of hydrogen-bond acceptors (Lipinski definition) is 5. The van der Waals surface area contributed by atoms with Crippen LogP contribution in [-0.2, 0) is 6.54 Å². The molecule has 0 unspecified atom stereocenters. The fourth-order valence-electron chi connectivity index (χ4n) is 2.56. The SMILES string of the molecule is CCCCCCn1nnc(C#N)c1-c1ccc2c(c1)OCO2. The van der Waals surface area contributed by atoms with Crippen molar-refractivity contribution in [3.05, 3.63) is 23.9 Å². The molecule has 6 heteroatoms. The molecule has 0 fully saturated rings. The second kappa shape index (κ2) is 6.48. The summed E-state index contributed by atoms with van der Waals surface area (Å²) in [5.74, 6) is 1.42. The van der Waals surface area contributed by atoms with Crippen molar-refractivity contribution in [1.29, 1.82) is 5.26 Å². The standard InChI is InChI=1S/C16H18N4O2/c1-2-3-4-5-8-20-16(13(10-17)18-19-20)12-6-7-14-15(9-12)22-11-21-14/h6-7,9H,2-5,8,11H2,1H3. The molecule has 0 saturated heterocycles. The molecule has 0 atom stereocenters.